The lowest BCUT2D eigenvalue weighted by molar-refractivity contribution is 0.00824. The van der Waals surface area contributed by atoms with Crippen LogP contribution in [0.3, 0.4) is 0 Å². The zero-order valence-electron chi connectivity index (χ0n) is 44.6. The second kappa shape index (κ2) is 37.4. The minimum absolute atomic E-state index is 0.129. The molecule has 4 N–H and O–H groups in total. The van der Waals surface area contributed by atoms with Crippen LogP contribution in [0.15, 0.2) is 97.1 Å². The Kier molecular flexibility index (Phi) is 29.9. The van der Waals surface area contributed by atoms with Gasteiger partial charge < -0.3 is 77.3 Å². The molecule has 16 nitrogen and oxygen atoms in total. The van der Waals surface area contributed by atoms with Crippen LogP contribution in [-0.4, -0.2) is 176 Å². The Morgan fingerprint density at radius 1 is 0.303 bits per heavy atom. The fourth-order valence-corrected chi connectivity index (χ4v) is 7.86. The van der Waals surface area contributed by atoms with Crippen molar-refractivity contribution in [3.8, 4) is 45.3 Å². The maximum absolute atomic E-state index is 10.4. The van der Waals surface area contributed by atoms with E-state index in [9.17, 15) is 20.4 Å². The third kappa shape index (κ3) is 27.8. The maximum Gasteiger partial charge on any atom is 0.119 e. The first-order chi connectivity index (χ1) is 37.4. The van der Waals surface area contributed by atoms with Crippen molar-refractivity contribution in [2.24, 2.45) is 0 Å². The van der Waals surface area contributed by atoms with Crippen LogP contribution in [0.1, 0.15) is 77.0 Å². The number of ether oxygens (including phenoxy) is 12. The summed E-state index contributed by atoms with van der Waals surface area (Å²) in [5, 5.41) is 41.4. The van der Waals surface area contributed by atoms with E-state index < -0.39 is 24.4 Å². The third-order valence-corrected chi connectivity index (χ3v) is 12.5. The average molecular weight is 1060 g/mol. The molecule has 422 valence electrons. The van der Waals surface area contributed by atoms with E-state index in [1.165, 1.54) is 0 Å². The van der Waals surface area contributed by atoms with Crippen LogP contribution in [0, 0.1) is 0 Å². The van der Waals surface area contributed by atoms with E-state index in [2.05, 4.69) is 0 Å². The zero-order chi connectivity index (χ0) is 53.1. The molecule has 0 aromatic heterocycles. The van der Waals surface area contributed by atoms with Crippen molar-refractivity contribution < 1.29 is 77.3 Å². The van der Waals surface area contributed by atoms with Crippen molar-refractivity contribution in [1.29, 1.82) is 0 Å². The van der Waals surface area contributed by atoms with Crippen LogP contribution in [0.4, 0.5) is 0 Å². The molecule has 0 aliphatic carbocycles. The van der Waals surface area contributed by atoms with Gasteiger partial charge in [-0.3, -0.25) is 0 Å². The van der Waals surface area contributed by atoms with Crippen molar-refractivity contribution in [2.45, 2.75) is 114 Å². The molecule has 2 saturated heterocycles. The van der Waals surface area contributed by atoms with Gasteiger partial charge in [0, 0.05) is 39.6 Å². The fraction of sp³-hybridized carbons (Fsp3) is 0.600. The molecule has 0 spiro atoms. The second-order valence-electron chi connectivity index (χ2n) is 19.6. The van der Waals surface area contributed by atoms with Crippen molar-refractivity contribution in [3.05, 3.63) is 97.1 Å². The van der Waals surface area contributed by atoms with Crippen LogP contribution in [0.2, 0.25) is 0 Å². The molecule has 2 aliphatic heterocycles. The van der Waals surface area contributed by atoms with Gasteiger partial charge in [0.15, 0.2) is 0 Å². The summed E-state index contributed by atoms with van der Waals surface area (Å²) in [7, 11) is 0. The van der Waals surface area contributed by atoms with Crippen molar-refractivity contribution in [2.75, 3.05) is 119 Å². The standard InChI is InChI=1S/C60H86O16/c61-51(39-71-55-21-13-47(14-22-55)49-17-25-57(26-18-49)73-41-53(63)37-67-31-9-3-5-11-33-69-43-59-45-75-59)35-65-29-7-1-2-8-30-66-36-52(62)40-72-56-23-15-48(16-24-56)50-19-27-58(28-20-50)74-42-54(64)38-68-32-10-4-6-12-34-70-44-60-46-76-60/h13-28,51-54,59-64H,1-12,29-46H2. The summed E-state index contributed by atoms with van der Waals surface area (Å²) in [6.07, 6.45) is 9.82. The van der Waals surface area contributed by atoms with Gasteiger partial charge in [-0.1, -0.05) is 87.1 Å². The molecule has 76 heavy (non-hydrogen) atoms. The Labute approximate surface area is 450 Å². The molecule has 0 radical (unpaired) electrons. The molecule has 4 aromatic carbocycles. The Morgan fingerprint density at radius 2 is 0.513 bits per heavy atom. The first kappa shape index (κ1) is 60.8. The largest absolute Gasteiger partial charge is 0.491 e. The minimum Gasteiger partial charge on any atom is -0.491 e. The number of hydrogen-bond acceptors (Lipinski definition) is 16. The highest BCUT2D eigenvalue weighted by Gasteiger charge is 2.22. The molecule has 6 atom stereocenters. The number of epoxide rings is 2. The molecule has 6 rings (SSSR count). The van der Waals surface area contributed by atoms with Gasteiger partial charge in [0.2, 0.25) is 0 Å². The van der Waals surface area contributed by atoms with E-state index in [4.69, 9.17) is 56.8 Å². The molecule has 0 saturated carbocycles. The highest BCUT2D eigenvalue weighted by molar-refractivity contribution is 5.65. The molecule has 2 aliphatic rings. The van der Waals surface area contributed by atoms with Gasteiger partial charge in [-0.05, 0) is 109 Å². The van der Waals surface area contributed by atoms with E-state index in [1.807, 2.05) is 97.1 Å². The molecule has 0 bridgehead atoms. The monoisotopic (exact) mass is 1060 g/mol. The van der Waals surface area contributed by atoms with Crippen molar-refractivity contribution in [3.63, 3.8) is 0 Å². The summed E-state index contributed by atoms with van der Waals surface area (Å²) < 4.78 is 67.1. The summed E-state index contributed by atoms with van der Waals surface area (Å²) in [4.78, 5) is 0. The maximum atomic E-state index is 10.4. The Balaban J connectivity index is 0.691. The summed E-state index contributed by atoms with van der Waals surface area (Å²) in [6.45, 7) is 8.43. The van der Waals surface area contributed by atoms with Crippen molar-refractivity contribution in [1.82, 2.24) is 0 Å². The predicted molar refractivity (Wildman–Crippen MR) is 290 cm³/mol. The first-order valence-corrected chi connectivity index (χ1v) is 27.7. The van der Waals surface area contributed by atoms with Crippen molar-refractivity contribution >= 4 is 0 Å². The minimum atomic E-state index is -0.743. The highest BCUT2D eigenvalue weighted by atomic mass is 16.6. The quantitative estimate of drug-likeness (QED) is 0.0243. The number of aliphatic hydroxyl groups is 4. The van der Waals surface area contributed by atoms with Gasteiger partial charge in [-0.2, -0.15) is 0 Å². The molecule has 16 heteroatoms. The molecule has 2 heterocycles. The van der Waals surface area contributed by atoms with E-state index >= 15 is 0 Å². The summed E-state index contributed by atoms with van der Waals surface area (Å²) in [5.41, 5.74) is 4.07. The topological polar surface area (TPSA) is 198 Å². The molecule has 4 aromatic rings. The number of aliphatic hydroxyl groups excluding tert-OH is 4. The van der Waals surface area contributed by atoms with Crippen LogP contribution in [0.25, 0.3) is 22.3 Å². The zero-order valence-corrected chi connectivity index (χ0v) is 44.6. The fourth-order valence-electron chi connectivity index (χ4n) is 7.86. The smallest absolute Gasteiger partial charge is 0.119 e. The molecule has 2 fully saturated rings. The average Bonchev–Trinajstić information content (AvgIpc) is 4.41. The molecule has 6 unspecified atom stereocenters. The first-order valence-electron chi connectivity index (χ1n) is 27.7. The van der Waals surface area contributed by atoms with Crippen LogP contribution in [0.5, 0.6) is 23.0 Å². The van der Waals surface area contributed by atoms with E-state index in [0.29, 0.717) is 74.8 Å². The lowest BCUT2D eigenvalue weighted by Gasteiger charge is -2.14. The lowest BCUT2D eigenvalue weighted by Crippen LogP contribution is -2.23. The lowest BCUT2D eigenvalue weighted by atomic mass is 10.1. The number of hydrogen-bond donors (Lipinski definition) is 4. The number of unbranched alkanes of at least 4 members (excludes halogenated alkanes) is 9. The summed E-state index contributed by atoms with van der Waals surface area (Å²) in [6, 6.07) is 30.8. The second-order valence-corrected chi connectivity index (χ2v) is 19.6. The number of benzene rings is 4. The van der Waals surface area contributed by atoms with Crippen LogP contribution >= 0.6 is 0 Å². The van der Waals surface area contributed by atoms with Gasteiger partial charge in [-0.15, -0.1) is 0 Å². The molecular formula is C60H86O16. The van der Waals surface area contributed by atoms with E-state index in [-0.39, 0.29) is 52.9 Å². The summed E-state index contributed by atoms with van der Waals surface area (Å²) in [5.74, 6) is 2.67. The highest BCUT2D eigenvalue weighted by Crippen LogP contribution is 2.27. The Morgan fingerprint density at radius 3 is 0.724 bits per heavy atom. The number of rotatable bonds is 47. The normalized spacial score (nSPS) is 16.5. The summed E-state index contributed by atoms with van der Waals surface area (Å²) >= 11 is 0. The van der Waals surface area contributed by atoms with Gasteiger partial charge >= 0.3 is 0 Å². The van der Waals surface area contributed by atoms with Crippen LogP contribution in [-0.2, 0) is 37.9 Å². The Hall–Kier alpha value is -4.40. The predicted octanol–water partition coefficient (Wildman–Crippen LogP) is 8.26. The molecular weight excluding hydrogens is 977 g/mol. The van der Waals surface area contributed by atoms with Gasteiger partial charge in [-0.25, -0.2) is 0 Å². The van der Waals surface area contributed by atoms with E-state index in [1.54, 1.807) is 0 Å². The van der Waals surface area contributed by atoms with Crippen LogP contribution < -0.4 is 18.9 Å². The Bertz CT molecular complexity index is 1880. The van der Waals surface area contributed by atoms with Gasteiger partial charge in [0.1, 0.15) is 86.0 Å². The SMILES string of the molecule is OC(COCCCCCCOCC(O)COc1ccc(-c2ccc(OCC(O)COCCCCCCOCC3CO3)cc2)cc1)COc1ccc(-c2ccc(OCC(O)COCCCCCCOCC3CO3)cc2)cc1. The van der Waals surface area contributed by atoms with Gasteiger partial charge in [0.25, 0.3) is 0 Å². The van der Waals surface area contributed by atoms with E-state index in [0.717, 1.165) is 126 Å². The third-order valence-electron chi connectivity index (χ3n) is 12.5. The molecule has 0 amide bonds. The van der Waals surface area contributed by atoms with Gasteiger partial charge in [0.05, 0.1) is 52.9 Å².